The Kier molecular flexibility index (Phi) is 3.93. The third kappa shape index (κ3) is 2.75. The molecule has 2 N–H and O–H groups in total. The van der Waals surface area contributed by atoms with Gasteiger partial charge >= 0.3 is 0 Å². The number of hydrogen-bond donors (Lipinski definition) is 1. The minimum atomic E-state index is -0.542. The zero-order valence-corrected chi connectivity index (χ0v) is 10.3. The number of nitrogens with two attached hydrogens (primary N) is 1. The summed E-state index contributed by atoms with van der Waals surface area (Å²) >= 11 is 0. The molecule has 1 amide bonds. The molecule has 0 aliphatic carbocycles. The lowest BCUT2D eigenvalue weighted by Crippen LogP contribution is -2.33. The summed E-state index contributed by atoms with van der Waals surface area (Å²) in [6.07, 6.45) is 0.0438. The van der Waals surface area contributed by atoms with Gasteiger partial charge in [-0.1, -0.05) is 24.6 Å². The van der Waals surface area contributed by atoms with Crippen LogP contribution in [0.25, 0.3) is 0 Å². The van der Waals surface area contributed by atoms with E-state index >= 15 is 0 Å². The highest BCUT2D eigenvalue weighted by atomic mass is 16.5. The number of benzene rings is 1. The SMILES string of the molecule is CCC(Oc1c(C)cc(C)cc1C)C(N)=O. The van der Waals surface area contributed by atoms with Gasteiger partial charge in [0.25, 0.3) is 5.91 Å². The van der Waals surface area contributed by atoms with Crippen LogP contribution in [0.1, 0.15) is 30.0 Å². The molecule has 0 saturated carbocycles. The molecular weight excluding hydrogens is 202 g/mol. The molecule has 0 bridgehead atoms. The molecule has 0 aromatic heterocycles. The molecule has 1 atom stereocenters. The van der Waals surface area contributed by atoms with Gasteiger partial charge in [0.2, 0.25) is 0 Å². The van der Waals surface area contributed by atoms with Crippen molar-refractivity contribution in [2.24, 2.45) is 5.73 Å². The van der Waals surface area contributed by atoms with Gasteiger partial charge in [0.05, 0.1) is 0 Å². The van der Waals surface area contributed by atoms with Crippen LogP contribution in [0.3, 0.4) is 0 Å². The molecule has 1 unspecified atom stereocenters. The maximum atomic E-state index is 11.1. The first-order valence-corrected chi connectivity index (χ1v) is 5.49. The zero-order chi connectivity index (χ0) is 12.3. The number of primary amides is 1. The number of aryl methyl sites for hydroxylation is 3. The van der Waals surface area contributed by atoms with Crippen molar-refractivity contribution in [2.75, 3.05) is 0 Å². The van der Waals surface area contributed by atoms with Gasteiger partial charge in [-0.05, 0) is 38.3 Å². The van der Waals surface area contributed by atoms with E-state index in [2.05, 4.69) is 0 Å². The van der Waals surface area contributed by atoms with Crippen molar-refractivity contribution in [1.82, 2.24) is 0 Å². The van der Waals surface area contributed by atoms with Crippen molar-refractivity contribution >= 4 is 5.91 Å². The Morgan fingerprint density at radius 3 is 2.19 bits per heavy atom. The lowest BCUT2D eigenvalue weighted by molar-refractivity contribution is -0.124. The van der Waals surface area contributed by atoms with Crippen LogP contribution in [0.5, 0.6) is 5.75 Å². The summed E-state index contributed by atoms with van der Waals surface area (Å²) in [7, 11) is 0. The maximum Gasteiger partial charge on any atom is 0.258 e. The van der Waals surface area contributed by atoms with Gasteiger partial charge < -0.3 is 10.5 Å². The van der Waals surface area contributed by atoms with Gasteiger partial charge in [-0.2, -0.15) is 0 Å². The summed E-state index contributed by atoms with van der Waals surface area (Å²) in [5, 5.41) is 0. The lowest BCUT2D eigenvalue weighted by Gasteiger charge is -2.18. The Morgan fingerprint density at radius 2 is 1.81 bits per heavy atom. The first kappa shape index (κ1) is 12.6. The van der Waals surface area contributed by atoms with E-state index < -0.39 is 12.0 Å². The maximum absolute atomic E-state index is 11.1. The van der Waals surface area contributed by atoms with Crippen LogP contribution < -0.4 is 10.5 Å². The Hall–Kier alpha value is -1.51. The smallest absolute Gasteiger partial charge is 0.258 e. The van der Waals surface area contributed by atoms with E-state index in [9.17, 15) is 4.79 Å². The molecule has 0 aliphatic rings. The summed E-state index contributed by atoms with van der Waals surface area (Å²) in [5.74, 6) is 0.359. The van der Waals surface area contributed by atoms with Crippen LogP contribution in [0.2, 0.25) is 0 Å². The zero-order valence-electron chi connectivity index (χ0n) is 10.3. The molecule has 1 aromatic carbocycles. The number of carbonyl (C=O) groups is 1. The van der Waals surface area contributed by atoms with Crippen molar-refractivity contribution < 1.29 is 9.53 Å². The topological polar surface area (TPSA) is 52.3 Å². The van der Waals surface area contributed by atoms with Crippen LogP contribution in [-0.4, -0.2) is 12.0 Å². The van der Waals surface area contributed by atoms with Gasteiger partial charge in [0.1, 0.15) is 5.75 Å². The number of ether oxygens (including phenoxy) is 1. The molecule has 0 heterocycles. The Labute approximate surface area is 96.6 Å². The summed E-state index contributed by atoms with van der Waals surface area (Å²) < 4.78 is 5.67. The predicted octanol–water partition coefficient (Wildman–Crippen LogP) is 2.25. The molecule has 0 spiro atoms. The van der Waals surface area contributed by atoms with Crippen LogP contribution >= 0.6 is 0 Å². The first-order chi connectivity index (χ1) is 7.45. The first-order valence-electron chi connectivity index (χ1n) is 5.49. The van der Waals surface area contributed by atoms with E-state index in [-0.39, 0.29) is 0 Å². The average molecular weight is 221 g/mol. The van der Waals surface area contributed by atoms with E-state index in [1.54, 1.807) is 0 Å². The number of hydrogen-bond acceptors (Lipinski definition) is 2. The number of amides is 1. The standard InChI is InChI=1S/C13H19NO2/c1-5-11(13(14)15)16-12-9(3)6-8(2)7-10(12)4/h6-7,11H,5H2,1-4H3,(H2,14,15). The minimum absolute atomic E-state index is 0.415. The largest absolute Gasteiger partial charge is 0.480 e. The molecule has 1 rings (SSSR count). The van der Waals surface area contributed by atoms with Gasteiger partial charge in [-0.15, -0.1) is 0 Å². The fourth-order valence-electron chi connectivity index (χ4n) is 1.84. The van der Waals surface area contributed by atoms with Crippen LogP contribution in [0.15, 0.2) is 12.1 Å². The van der Waals surface area contributed by atoms with Crippen molar-refractivity contribution in [2.45, 2.75) is 40.2 Å². The molecule has 16 heavy (non-hydrogen) atoms. The lowest BCUT2D eigenvalue weighted by atomic mass is 10.1. The van der Waals surface area contributed by atoms with Gasteiger partial charge in [-0.25, -0.2) is 0 Å². The molecule has 0 saturated heterocycles. The van der Waals surface area contributed by atoms with Crippen LogP contribution in [-0.2, 0) is 4.79 Å². The van der Waals surface area contributed by atoms with Gasteiger partial charge in [-0.3, -0.25) is 4.79 Å². The van der Waals surface area contributed by atoms with Crippen LogP contribution in [0.4, 0.5) is 0 Å². The minimum Gasteiger partial charge on any atom is -0.480 e. The van der Waals surface area contributed by atoms with E-state index in [0.717, 1.165) is 16.9 Å². The number of carbonyl (C=O) groups excluding carboxylic acids is 1. The molecule has 3 heteroatoms. The fraction of sp³-hybridized carbons (Fsp3) is 0.462. The second-order valence-electron chi connectivity index (χ2n) is 4.14. The summed E-state index contributed by atoms with van der Waals surface area (Å²) in [6.45, 7) is 7.87. The molecule has 0 aliphatic heterocycles. The molecule has 0 radical (unpaired) electrons. The third-order valence-corrected chi connectivity index (χ3v) is 2.55. The van der Waals surface area contributed by atoms with Crippen molar-refractivity contribution in [3.8, 4) is 5.75 Å². The second kappa shape index (κ2) is 5.01. The number of rotatable bonds is 4. The van der Waals surface area contributed by atoms with Gasteiger partial charge in [0.15, 0.2) is 6.10 Å². The monoisotopic (exact) mass is 221 g/mol. The fourth-order valence-corrected chi connectivity index (χ4v) is 1.84. The average Bonchev–Trinajstić information content (AvgIpc) is 2.15. The Bertz CT molecular complexity index is 376. The Balaban J connectivity index is 3.01. The summed E-state index contributed by atoms with van der Waals surface area (Å²) in [4.78, 5) is 11.1. The third-order valence-electron chi connectivity index (χ3n) is 2.55. The van der Waals surface area contributed by atoms with Crippen molar-refractivity contribution in [3.05, 3.63) is 28.8 Å². The van der Waals surface area contributed by atoms with Gasteiger partial charge in [0, 0.05) is 0 Å². The van der Waals surface area contributed by atoms with Crippen molar-refractivity contribution in [1.29, 1.82) is 0 Å². The van der Waals surface area contributed by atoms with E-state index in [1.165, 1.54) is 5.56 Å². The molecule has 1 aromatic rings. The predicted molar refractivity (Wildman–Crippen MR) is 64.6 cm³/mol. The summed E-state index contributed by atoms with van der Waals surface area (Å²) in [5.41, 5.74) is 8.53. The molecule has 3 nitrogen and oxygen atoms in total. The molecular formula is C13H19NO2. The normalized spacial score (nSPS) is 12.2. The van der Waals surface area contributed by atoms with Crippen LogP contribution in [0, 0.1) is 20.8 Å². The molecule has 0 fully saturated rings. The van der Waals surface area contributed by atoms with E-state index in [1.807, 2.05) is 39.8 Å². The molecule has 88 valence electrons. The highest BCUT2D eigenvalue weighted by Gasteiger charge is 2.17. The highest BCUT2D eigenvalue weighted by molar-refractivity contribution is 5.79. The summed E-state index contributed by atoms with van der Waals surface area (Å²) in [6, 6.07) is 4.08. The second-order valence-corrected chi connectivity index (χ2v) is 4.14. The Morgan fingerprint density at radius 1 is 1.31 bits per heavy atom. The van der Waals surface area contributed by atoms with E-state index in [4.69, 9.17) is 10.5 Å². The van der Waals surface area contributed by atoms with E-state index in [0.29, 0.717) is 6.42 Å². The van der Waals surface area contributed by atoms with Crippen molar-refractivity contribution in [3.63, 3.8) is 0 Å². The highest BCUT2D eigenvalue weighted by Crippen LogP contribution is 2.25. The quantitative estimate of drug-likeness (QED) is 0.847.